The van der Waals surface area contributed by atoms with Gasteiger partial charge in [0.1, 0.15) is 6.61 Å². The van der Waals surface area contributed by atoms with Gasteiger partial charge >= 0.3 is 6.16 Å². The Kier molecular flexibility index (Phi) is 9.07. The first-order valence-corrected chi connectivity index (χ1v) is 9.15. The molecule has 0 saturated carbocycles. The molecule has 1 fully saturated rings. The molecule has 2 atom stereocenters. The molecule has 0 radical (unpaired) electrons. The van der Waals surface area contributed by atoms with Crippen molar-refractivity contribution < 1.29 is 23.8 Å². The Morgan fingerprint density at radius 2 is 2.00 bits per heavy atom. The molecule has 1 N–H and O–H groups in total. The fourth-order valence-corrected chi connectivity index (χ4v) is 3.07. The highest BCUT2D eigenvalue weighted by Crippen LogP contribution is 2.30. The molecule has 1 rings (SSSR count). The van der Waals surface area contributed by atoms with Crippen molar-refractivity contribution in [1.82, 2.24) is 5.32 Å². The summed E-state index contributed by atoms with van der Waals surface area (Å²) in [6, 6.07) is 0. The maximum Gasteiger partial charge on any atom is 0.508 e. The molecule has 1 heterocycles. The zero-order chi connectivity index (χ0) is 17.5. The molecule has 1 saturated heterocycles. The Morgan fingerprint density at radius 1 is 1.30 bits per heavy atom. The highest BCUT2D eigenvalue weighted by Gasteiger charge is 2.40. The molecule has 0 bridgehead atoms. The van der Waals surface area contributed by atoms with Gasteiger partial charge in [-0.2, -0.15) is 0 Å². The minimum absolute atomic E-state index is 0.0103. The molecule has 1 aliphatic rings. The van der Waals surface area contributed by atoms with Crippen LogP contribution in [0.25, 0.3) is 0 Å². The summed E-state index contributed by atoms with van der Waals surface area (Å²) in [5, 5.41) is 2.53. The Bertz CT molecular complexity index is 447. The molecular weight excluding hydrogens is 409 g/mol. The number of thiocarbonyl (C=S) groups is 1. The number of carbonyl (C=O) groups is 2. The number of hydrogen-bond donors (Lipinski definition) is 1. The zero-order valence-corrected chi connectivity index (χ0v) is 16.1. The highest BCUT2D eigenvalue weighted by atomic mass is 35.6. The lowest BCUT2D eigenvalue weighted by atomic mass is 9.98. The average molecular weight is 425 g/mol. The van der Waals surface area contributed by atoms with E-state index in [2.05, 4.69) is 10.1 Å². The highest BCUT2D eigenvalue weighted by molar-refractivity contribution is 8.23. The van der Waals surface area contributed by atoms with E-state index >= 15 is 0 Å². The molecular formula is C12H16Cl3NO5S2. The lowest BCUT2D eigenvalue weighted by Crippen LogP contribution is -2.57. The van der Waals surface area contributed by atoms with Crippen molar-refractivity contribution in [3.63, 3.8) is 0 Å². The van der Waals surface area contributed by atoms with Gasteiger partial charge in [0, 0.05) is 0 Å². The topological polar surface area (TPSA) is 73.9 Å². The number of ether oxygens (including phenoxy) is 3. The van der Waals surface area contributed by atoms with Crippen molar-refractivity contribution in [2.24, 2.45) is 5.92 Å². The third kappa shape index (κ3) is 8.49. The van der Waals surface area contributed by atoms with Crippen molar-refractivity contribution in [1.29, 1.82) is 0 Å². The quantitative estimate of drug-likeness (QED) is 0.290. The van der Waals surface area contributed by atoms with Crippen LogP contribution in [0, 0.1) is 5.92 Å². The third-order valence-electron chi connectivity index (χ3n) is 2.64. The van der Waals surface area contributed by atoms with Crippen LogP contribution in [0.15, 0.2) is 0 Å². The lowest BCUT2D eigenvalue weighted by Gasteiger charge is -2.35. The monoisotopic (exact) mass is 423 g/mol. The summed E-state index contributed by atoms with van der Waals surface area (Å²) in [6.45, 7) is 2.11. The molecule has 0 aliphatic carbocycles. The summed E-state index contributed by atoms with van der Waals surface area (Å²) in [4.78, 5) is 22.8. The van der Waals surface area contributed by atoms with Gasteiger partial charge in [-0.1, -0.05) is 53.5 Å². The predicted octanol–water partition coefficient (Wildman–Crippen LogP) is 3.42. The number of β-lactam (4-membered cyclic amide) rings is 1. The summed E-state index contributed by atoms with van der Waals surface area (Å²) in [7, 11) is 0. The van der Waals surface area contributed by atoms with E-state index in [-0.39, 0.29) is 23.8 Å². The summed E-state index contributed by atoms with van der Waals surface area (Å²) in [5.74, 6) is -0.441. The van der Waals surface area contributed by atoms with Crippen molar-refractivity contribution in [2.75, 3.05) is 19.8 Å². The molecule has 11 heteroatoms. The Hall–Kier alpha value is -0.150. The Balaban J connectivity index is 2.23. The second-order valence-corrected chi connectivity index (χ2v) is 8.80. The largest absolute Gasteiger partial charge is 0.508 e. The van der Waals surface area contributed by atoms with E-state index in [0.29, 0.717) is 17.4 Å². The van der Waals surface area contributed by atoms with E-state index in [1.54, 1.807) is 0 Å². The number of alkyl halides is 3. The van der Waals surface area contributed by atoms with Gasteiger partial charge in [-0.3, -0.25) is 4.79 Å². The smallest absolute Gasteiger partial charge is 0.479 e. The van der Waals surface area contributed by atoms with Crippen LogP contribution < -0.4 is 5.32 Å². The molecule has 1 amide bonds. The minimum atomic E-state index is -1.69. The van der Waals surface area contributed by atoms with Crippen LogP contribution in [0.5, 0.6) is 0 Å². The average Bonchev–Trinajstić information content (AvgIpc) is 2.46. The van der Waals surface area contributed by atoms with E-state index in [9.17, 15) is 9.59 Å². The van der Waals surface area contributed by atoms with Crippen molar-refractivity contribution in [3.05, 3.63) is 0 Å². The Labute approximate surface area is 158 Å². The molecule has 6 nitrogen and oxygen atoms in total. The standard InChI is InChI=1S/C12H16Cl3NO5S2/c1-2-4-20-11(22)23-9-7(8(17)16-9)3-5-19-10(18)21-6-12(13,14)15/h7,9H,2-6H2,1H3,(H,16,17)/t7-,9-/m1/s1. The van der Waals surface area contributed by atoms with Gasteiger partial charge in [0.2, 0.25) is 14.1 Å². The molecule has 23 heavy (non-hydrogen) atoms. The molecule has 0 aromatic rings. The van der Waals surface area contributed by atoms with E-state index in [0.717, 1.165) is 6.42 Å². The summed E-state index contributed by atoms with van der Waals surface area (Å²) >= 11 is 22.6. The normalized spacial score (nSPS) is 20.3. The van der Waals surface area contributed by atoms with Gasteiger partial charge in [-0.15, -0.1) is 0 Å². The molecule has 0 aromatic carbocycles. The SMILES string of the molecule is CCCOC(=S)S[C@H]1NC(=O)[C@H]1CCOC(=O)OCC(Cl)(Cl)Cl. The van der Waals surface area contributed by atoms with Crippen molar-refractivity contribution in [2.45, 2.75) is 28.9 Å². The van der Waals surface area contributed by atoms with Gasteiger partial charge < -0.3 is 19.5 Å². The van der Waals surface area contributed by atoms with Crippen LogP contribution >= 0.6 is 58.8 Å². The number of rotatable bonds is 7. The molecule has 1 aliphatic heterocycles. The van der Waals surface area contributed by atoms with Gasteiger partial charge in [0.15, 0.2) is 0 Å². The number of amides is 1. The predicted molar refractivity (Wildman–Crippen MR) is 94.1 cm³/mol. The fraction of sp³-hybridized carbons (Fsp3) is 0.750. The van der Waals surface area contributed by atoms with E-state index in [1.165, 1.54) is 11.8 Å². The maximum absolute atomic E-state index is 11.5. The van der Waals surface area contributed by atoms with Crippen LogP contribution in [-0.2, 0) is 19.0 Å². The maximum atomic E-state index is 11.5. The summed E-state index contributed by atoms with van der Waals surface area (Å²) in [5.41, 5.74) is 0. The van der Waals surface area contributed by atoms with E-state index in [1.807, 2.05) is 6.92 Å². The van der Waals surface area contributed by atoms with Crippen molar-refractivity contribution in [3.8, 4) is 0 Å². The van der Waals surface area contributed by atoms with Gasteiger partial charge in [-0.25, -0.2) is 4.79 Å². The molecule has 132 valence electrons. The first-order chi connectivity index (χ1) is 10.7. The number of carbonyl (C=O) groups excluding carboxylic acids is 2. The first-order valence-electron chi connectivity index (χ1n) is 6.73. The molecule has 0 spiro atoms. The number of nitrogens with one attached hydrogen (secondary N) is 1. The van der Waals surface area contributed by atoms with Crippen LogP contribution in [0.1, 0.15) is 19.8 Å². The van der Waals surface area contributed by atoms with Crippen LogP contribution in [0.4, 0.5) is 4.79 Å². The second kappa shape index (κ2) is 9.98. The van der Waals surface area contributed by atoms with Gasteiger partial charge in [-0.05, 0) is 25.1 Å². The van der Waals surface area contributed by atoms with Crippen LogP contribution in [0.3, 0.4) is 0 Å². The molecule has 0 aromatic heterocycles. The van der Waals surface area contributed by atoms with Crippen molar-refractivity contribution >= 4 is 75.2 Å². The number of thioether (sulfide) groups is 1. The van der Waals surface area contributed by atoms with Crippen LogP contribution in [0.2, 0.25) is 0 Å². The number of hydrogen-bond acceptors (Lipinski definition) is 7. The third-order valence-corrected chi connectivity index (χ3v) is 4.38. The summed E-state index contributed by atoms with van der Waals surface area (Å²) in [6.07, 6.45) is 0.232. The fourth-order valence-electron chi connectivity index (χ4n) is 1.56. The second-order valence-electron chi connectivity index (χ2n) is 4.54. The first kappa shape index (κ1) is 20.9. The lowest BCUT2D eigenvalue weighted by molar-refractivity contribution is -0.133. The van der Waals surface area contributed by atoms with Gasteiger partial charge in [0.05, 0.1) is 24.5 Å². The van der Waals surface area contributed by atoms with E-state index in [4.69, 9.17) is 56.5 Å². The Morgan fingerprint density at radius 3 is 2.57 bits per heavy atom. The minimum Gasteiger partial charge on any atom is -0.479 e. The summed E-state index contributed by atoms with van der Waals surface area (Å²) < 4.78 is 13.4. The van der Waals surface area contributed by atoms with Crippen LogP contribution in [-0.4, -0.2) is 45.4 Å². The zero-order valence-electron chi connectivity index (χ0n) is 12.2. The molecule has 0 unspecified atom stereocenters. The van der Waals surface area contributed by atoms with E-state index < -0.39 is 16.6 Å². The van der Waals surface area contributed by atoms with Gasteiger partial charge in [0.25, 0.3) is 0 Å². The number of halogens is 3.